The van der Waals surface area contributed by atoms with E-state index in [1.54, 1.807) is 10.9 Å². The zero-order valence-corrected chi connectivity index (χ0v) is 9.68. The maximum absolute atomic E-state index is 13.1. The van der Waals surface area contributed by atoms with E-state index in [1.165, 1.54) is 6.07 Å². The topological polar surface area (TPSA) is 68.8 Å². The highest BCUT2D eigenvalue weighted by molar-refractivity contribution is 5.31. The summed E-state index contributed by atoms with van der Waals surface area (Å²) in [7, 11) is 1.83. The van der Waals surface area contributed by atoms with E-state index in [9.17, 15) is 4.39 Å². The number of hydrogen-bond acceptors (Lipinski definition) is 4. The molecule has 6 heteroatoms. The van der Waals surface area contributed by atoms with Gasteiger partial charge in [0.25, 0.3) is 0 Å². The number of pyridine rings is 1. The summed E-state index contributed by atoms with van der Waals surface area (Å²) in [6, 6.07) is 1.09. The lowest BCUT2D eigenvalue weighted by Gasteiger charge is -2.15. The maximum Gasteiger partial charge on any atom is 0.141 e. The number of aromatic nitrogens is 3. The molecule has 0 amide bonds. The first-order valence-electron chi connectivity index (χ1n) is 5.18. The van der Waals surface area contributed by atoms with Crippen LogP contribution in [0.3, 0.4) is 0 Å². The molecule has 0 fully saturated rings. The molecule has 1 unspecified atom stereocenters. The van der Waals surface area contributed by atoms with Crippen molar-refractivity contribution < 1.29 is 4.39 Å². The van der Waals surface area contributed by atoms with E-state index in [2.05, 4.69) is 15.5 Å². The van der Waals surface area contributed by atoms with Gasteiger partial charge in [0.05, 0.1) is 17.9 Å². The summed E-state index contributed by atoms with van der Waals surface area (Å²) in [4.78, 5) is 3.82. The standard InChI is InChI=1S/C11H14FN5/c1-7-10(6-17(2)16-7)11(15-13)8-3-9(12)5-14-4-8/h3-6,11,15H,13H2,1-2H3. The number of aryl methyl sites for hydroxylation is 2. The molecule has 0 saturated carbocycles. The molecule has 2 heterocycles. The van der Waals surface area contributed by atoms with Crippen LogP contribution >= 0.6 is 0 Å². The maximum atomic E-state index is 13.1. The third-order valence-corrected chi connectivity index (χ3v) is 2.59. The number of hydrogen-bond donors (Lipinski definition) is 2. The molecule has 3 N–H and O–H groups in total. The zero-order chi connectivity index (χ0) is 12.4. The third-order valence-electron chi connectivity index (χ3n) is 2.59. The van der Waals surface area contributed by atoms with E-state index in [0.29, 0.717) is 5.56 Å². The first-order chi connectivity index (χ1) is 8.11. The fraction of sp³-hybridized carbons (Fsp3) is 0.273. The van der Waals surface area contributed by atoms with Crippen LogP contribution in [0.2, 0.25) is 0 Å². The Kier molecular flexibility index (Phi) is 3.16. The fourth-order valence-corrected chi connectivity index (χ4v) is 1.85. The van der Waals surface area contributed by atoms with E-state index in [4.69, 9.17) is 5.84 Å². The molecule has 2 aromatic rings. The largest absolute Gasteiger partial charge is 0.275 e. The van der Waals surface area contributed by atoms with Gasteiger partial charge < -0.3 is 0 Å². The minimum atomic E-state index is -0.385. The van der Waals surface area contributed by atoms with Crippen molar-refractivity contribution in [2.75, 3.05) is 0 Å². The Balaban J connectivity index is 2.43. The Morgan fingerprint density at radius 1 is 1.47 bits per heavy atom. The summed E-state index contributed by atoms with van der Waals surface area (Å²) in [6.07, 6.45) is 4.60. The smallest absolute Gasteiger partial charge is 0.141 e. The average Bonchev–Trinajstić information content (AvgIpc) is 2.59. The Morgan fingerprint density at radius 3 is 2.76 bits per heavy atom. The van der Waals surface area contributed by atoms with Crippen LogP contribution in [0, 0.1) is 12.7 Å². The highest BCUT2D eigenvalue weighted by Gasteiger charge is 2.17. The van der Waals surface area contributed by atoms with Crippen molar-refractivity contribution in [2.24, 2.45) is 12.9 Å². The summed E-state index contributed by atoms with van der Waals surface area (Å²) in [6.45, 7) is 1.88. The molecule has 0 aliphatic carbocycles. The Bertz CT molecular complexity index is 522. The molecule has 17 heavy (non-hydrogen) atoms. The van der Waals surface area contributed by atoms with Gasteiger partial charge in [-0.05, 0) is 18.6 Å². The first kappa shape index (κ1) is 11.7. The third kappa shape index (κ3) is 2.32. The Labute approximate surface area is 98.4 Å². The van der Waals surface area contributed by atoms with Crippen molar-refractivity contribution in [3.63, 3.8) is 0 Å². The lowest BCUT2D eigenvalue weighted by Crippen LogP contribution is -2.29. The molecule has 5 nitrogen and oxygen atoms in total. The van der Waals surface area contributed by atoms with Crippen molar-refractivity contribution in [1.29, 1.82) is 0 Å². The second-order valence-corrected chi connectivity index (χ2v) is 3.88. The molecule has 90 valence electrons. The highest BCUT2D eigenvalue weighted by atomic mass is 19.1. The molecule has 0 spiro atoms. The van der Waals surface area contributed by atoms with Gasteiger partial charge in [0, 0.05) is 25.0 Å². The van der Waals surface area contributed by atoms with Gasteiger partial charge in [-0.25, -0.2) is 9.82 Å². The molecule has 0 radical (unpaired) electrons. The van der Waals surface area contributed by atoms with Gasteiger partial charge in [0.1, 0.15) is 5.82 Å². The zero-order valence-electron chi connectivity index (χ0n) is 9.68. The van der Waals surface area contributed by atoms with E-state index < -0.39 is 0 Å². The lowest BCUT2D eigenvalue weighted by atomic mass is 10.0. The molecule has 2 aromatic heterocycles. The molecule has 0 aliphatic rings. The number of halogens is 1. The van der Waals surface area contributed by atoms with E-state index in [0.717, 1.165) is 17.5 Å². The van der Waals surface area contributed by atoms with E-state index >= 15 is 0 Å². The van der Waals surface area contributed by atoms with Crippen molar-refractivity contribution >= 4 is 0 Å². The molecular weight excluding hydrogens is 221 g/mol. The second kappa shape index (κ2) is 4.60. The summed E-state index contributed by atoms with van der Waals surface area (Å²) in [5.74, 6) is 5.14. The van der Waals surface area contributed by atoms with Gasteiger partial charge in [-0.1, -0.05) is 0 Å². The van der Waals surface area contributed by atoms with Gasteiger partial charge in [0.2, 0.25) is 0 Å². The average molecular weight is 235 g/mol. The SMILES string of the molecule is Cc1nn(C)cc1C(NN)c1cncc(F)c1. The minimum Gasteiger partial charge on any atom is -0.275 e. The predicted molar refractivity (Wildman–Crippen MR) is 61.3 cm³/mol. The minimum absolute atomic E-state index is 0.313. The molecule has 0 aromatic carbocycles. The number of nitrogens with zero attached hydrogens (tertiary/aromatic N) is 3. The molecular formula is C11H14FN5. The van der Waals surface area contributed by atoms with Crippen LogP contribution in [-0.2, 0) is 7.05 Å². The predicted octanol–water partition coefficient (Wildman–Crippen LogP) is 0.815. The molecule has 0 bridgehead atoms. The van der Waals surface area contributed by atoms with Crippen LogP contribution in [0.5, 0.6) is 0 Å². The number of rotatable bonds is 3. The van der Waals surface area contributed by atoms with Crippen molar-refractivity contribution in [1.82, 2.24) is 20.2 Å². The van der Waals surface area contributed by atoms with Gasteiger partial charge in [-0.15, -0.1) is 0 Å². The fourth-order valence-electron chi connectivity index (χ4n) is 1.85. The quantitative estimate of drug-likeness (QED) is 0.610. The lowest BCUT2D eigenvalue weighted by molar-refractivity contribution is 0.596. The Morgan fingerprint density at radius 2 is 2.24 bits per heavy atom. The summed E-state index contributed by atoms with van der Waals surface area (Å²) in [5, 5.41) is 4.23. The molecule has 2 rings (SSSR count). The van der Waals surface area contributed by atoms with Crippen LogP contribution in [0.15, 0.2) is 24.7 Å². The van der Waals surface area contributed by atoms with Crippen molar-refractivity contribution in [3.05, 3.63) is 47.3 Å². The van der Waals surface area contributed by atoms with Crippen molar-refractivity contribution in [2.45, 2.75) is 13.0 Å². The number of nitrogens with two attached hydrogens (primary N) is 1. The van der Waals surface area contributed by atoms with Gasteiger partial charge >= 0.3 is 0 Å². The summed E-state index contributed by atoms with van der Waals surface area (Å²) >= 11 is 0. The Hall–Kier alpha value is -1.79. The van der Waals surface area contributed by atoms with Crippen molar-refractivity contribution in [3.8, 4) is 0 Å². The summed E-state index contributed by atoms with van der Waals surface area (Å²) < 4.78 is 14.8. The van der Waals surface area contributed by atoms with E-state index in [-0.39, 0.29) is 11.9 Å². The van der Waals surface area contributed by atoms with Crippen LogP contribution in [-0.4, -0.2) is 14.8 Å². The van der Waals surface area contributed by atoms with Crippen LogP contribution in [0.4, 0.5) is 4.39 Å². The van der Waals surface area contributed by atoms with Crippen LogP contribution in [0.25, 0.3) is 0 Å². The first-order valence-corrected chi connectivity index (χ1v) is 5.18. The monoisotopic (exact) mass is 235 g/mol. The van der Waals surface area contributed by atoms with E-state index in [1.807, 2.05) is 20.2 Å². The second-order valence-electron chi connectivity index (χ2n) is 3.88. The van der Waals surface area contributed by atoms with Gasteiger partial charge in [-0.2, -0.15) is 5.10 Å². The normalized spacial score (nSPS) is 12.7. The number of hydrazine groups is 1. The molecule has 1 atom stereocenters. The number of nitrogens with one attached hydrogen (secondary N) is 1. The summed E-state index contributed by atoms with van der Waals surface area (Å²) in [5.41, 5.74) is 5.08. The molecule has 0 aliphatic heterocycles. The van der Waals surface area contributed by atoms with Gasteiger partial charge in [-0.3, -0.25) is 15.5 Å². The van der Waals surface area contributed by atoms with Gasteiger partial charge in [0.15, 0.2) is 0 Å². The highest BCUT2D eigenvalue weighted by Crippen LogP contribution is 2.23. The van der Waals surface area contributed by atoms with Crippen LogP contribution < -0.4 is 11.3 Å². The molecule has 0 saturated heterocycles. The van der Waals surface area contributed by atoms with Crippen LogP contribution in [0.1, 0.15) is 22.9 Å².